The lowest BCUT2D eigenvalue weighted by molar-refractivity contribution is 0.100. The Morgan fingerprint density at radius 2 is 2.00 bits per heavy atom. The van der Waals surface area contributed by atoms with Gasteiger partial charge in [0.25, 0.3) is 5.91 Å². The molecule has 0 saturated carbocycles. The molecule has 0 atom stereocenters. The number of carbonyl (C=O) groups is 1. The van der Waals surface area contributed by atoms with E-state index >= 15 is 0 Å². The fraction of sp³-hybridized carbons (Fsp3) is 0.133. The topological polar surface area (TPSA) is 81.1 Å². The molecule has 0 saturated heterocycles. The fourth-order valence-corrected chi connectivity index (χ4v) is 2.39. The third-order valence-electron chi connectivity index (χ3n) is 3.05. The molecule has 5 N–H and O–H groups in total. The van der Waals surface area contributed by atoms with E-state index < -0.39 is 5.91 Å². The Bertz CT molecular complexity index is 656. The lowest BCUT2D eigenvalue weighted by Crippen LogP contribution is -2.13. The molecule has 0 spiro atoms. The Hall–Kier alpha value is -2.01. The van der Waals surface area contributed by atoms with E-state index in [1.807, 2.05) is 18.2 Å². The molecule has 2 aromatic carbocycles. The molecule has 20 heavy (non-hydrogen) atoms. The zero-order chi connectivity index (χ0) is 14.7. The quantitative estimate of drug-likeness (QED) is 0.749. The van der Waals surface area contributed by atoms with Crippen molar-refractivity contribution in [3.8, 4) is 0 Å². The minimum absolute atomic E-state index is 0.324. The Balaban J connectivity index is 2.35. The van der Waals surface area contributed by atoms with E-state index in [0.29, 0.717) is 11.3 Å². The molecule has 0 heterocycles. The molecule has 1 amide bonds. The summed E-state index contributed by atoms with van der Waals surface area (Å²) in [6.45, 7) is 2.09. The van der Waals surface area contributed by atoms with Gasteiger partial charge >= 0.3 is 0 Å². The van der Waals surface area contributed by atoms with Gasteiger partial charge in [-0.3, -0.25) is 4.79 Å². The molecule has 0 radical (unpaired) electrons. The SMILES string of the molecule is CCc1cc(Br)ccc1Nc1ccc(N)c(C(N)=O)c1. The monoisotopic (exact) mass is 333 g/mol. The highest BCUT2D eigenvalue weighted by Crippen LogP contribution is 2.26. The lowest BCUT2D eigenvalue weighted by Gasteiger charge is -2.13. The molecule has 0 aliphatic rings. The van der Waals surface area contributed by atoms with Crippen molar-refractivity contribution in [3.63, 3.8) is 0 Å². The third kappa shape index (κ3) is 3.11. The van der Waals surface area contributed by atoms with Crippen LogP contribution in [0.25, 0.3) is 0 Å². The predicted octanol–water partition coefficient (Wildman–Crippen LogP) is 3.44. The van der Waals surface area contributed by atoms with E-state index in [-0.39, 0.29) is 0 Å². The molecule has 0 aliphatic carbocycles. The molecule has 0 aliphatic heterocycles. The number of hydrogen-bond acceptors (Lipinski definition) is 3. The Kier molecular flexibility index (Phi) is 4.29. The van der Waals surface area contributed by atoms with Crippen molar-refractivity contribution < 1.29 is 4.79 Å². The van der Waals surface area contributed by atoms with Crippen LogP contribution < -0.4 is 16.8 Å². The van der Waals surface area contributed by atoms with Crippen LogP contribution in [-0.4, -0.2) is 5.91 Å². The van der Waals surface area contributed by atoms with Crippen LogP contribution in [0.5, 0.6) is 0 Å². The summed E-state index contributed by atoms with van der Waals surface area (Å²) in [6, 6.07) is 11.2. The first-order chi connectivity index (χ1) is 9.51. The lowest BCUT2D eigenvalue weighted by atomic mass is 10.1. The summed E-state index contributed by atoms with van der Waals surface area (Å²) in [4.78, 5) is 11.3. The van der Waals surface area contributed by atoms with Gasteiger partial charge in [-0.2, -0.15) is 0 Å². The summed E-state index contributed by atoms with van der Waals surface area (Å²) >= 11 is 3.46. The van der Waals surface area contributed by atoms with Crippen LogP contribution >= 0.6 is 15.9 Å². The van der Waals surface area contributed by atoms with Crippen molar-refractivity contribution in [2.24, 2.45) is 5.73 Å². The maximum absolute atomic E-state index is 11.3. The maximum Gasteiger partial charge on any atom is 0.250 e. The molecule has 0 unspecified atom stereocenters. The van der Waals surface area contributed by atoms with Crippen molar-refractivity contribution in [1.29, 1.82) is 0 Å². The van der Waals surface area contributed by atoms with Crippen LogP contribution in [0.4, 0.5) is 17.1 Å². The van der Waals surface area contributed by atoms with E-state index in [0.717, 1.165) is 22.3 Å². The second-order valence-electron chi connectivity index (χ2n) is 4.45. The molecule has 4 nitrogen and oxygen atoms in total. The highest BCUT2D eigenvalue weighted by atomic mass is 79.9. The van der Waals surface area contributed by atoms with Gasteiger partial charge in [0, 0.05) is 21.5 Å². The van der Waals surface area contributed by atoms with Gasteiger partial charge in [-0.25, -0.2) is 0 Å². The average molecular weight is 334 g/mol. The number of nitrogens with one attached hydrogen (secondary N) is 1. The highest BCUT2D eigenvalue weighted by molar-refractivity contribution is 9.10. The van der Waals surface area contributed by atoms with Crippen molar-refractivity contribution in [2.75, 3.05) is 11.1 Å². The minimum Gasteiger partial charge on any atom is -0.398 e. The van der Waals surface area contributed by atoms with Crippen molar-refractivity contribution in [2.45, 2.75) is 13.3 Å². The molecule has 2 rings (SSSR count). The number of primary amides is 1. The van der Waals surface area contributed by atoms with Gasteiger partial charge in [0.2, 0.25) is 0 Å². The maximum atomic E-state index is 11.3. The van der Waals surface area contributed by atoms with Gasteiger partial charge in [0.15, 0.2) is 0 Å². The van der Waals surface area contributed by atoms with E-state index in [9.17, 15) is 4.79 Å². The van der Waals surface area contributed by atoms with Gasteiger partial charge in [0.05, 0.1) is 5.56 Å². The number of benzene rings is 2. The number of anilines is 3. The summed E-state index contributed by atoms with van der Waals surface area (Å²) in [7, 11) is 0. The van der Waals surface area contributed by atoms with Gasteiger partial charge in [-0.1, -0.05) is 22.9 Å². The zero-order valence-corrected chi connectivity index (χ0v) is 12.7. The molecule has 0 fully saturated rings. The summed E-state index contributed by atoms with van der Waals surface area (Å²) in [6.07, 6.45) is 0.902. The van der Waals surface area contributed by atoms with E-state index in [2.05, 4.69) is 34.2 Å². The van der Waals surface area contributed by atoms with Gasteiger partial charge in [-0.15, -0.1) is 0 Å². The highest BCUT2D eigenvalue weighted by Gasteiger charge is 2.08. The standard InChI is InChI=1S/C15H16BrN3O/c1-2-9-7-10(16)3-6-14(9)19-11-4-5-13(17)12(8-11)15(18)20/h3-8,19H,2,17H2,1H3,(H2,18,20). The first-order valence-electron chi connectivity index (χ1n) is 6.26. The number of nitrogen functional groups attached to an aromatic ring is 1. The Morgan fingerprint density at radius 3 is 2.65 bits per heavy atom. The van der Waals surface area contributed by atoms with Crippen LogP contribution in [0.15, 0.2) is 40.9 Å². The minimum atomic E-state index is -0.530. The molecule has 104 valence electrons. The van der Waals surface area contributed by atoms with Crippen molar-refractivity contribution in [1.82, 2.24) is 0 Å². The van der Waals surface area contributed by atoms with Crippen LogP contribution in [0.1, 0.15) is 22.8 Å². The molecule has 2 aromatic rings. The van der Waals surface area contributed by atoms with Crippen molar-refractivity contribution >= 4 is 38.9 Å². The van der Waals surface area contributed by atoms with Gasteiger partial charge in [0.1, 0.15) is 0 Å². The second kappa shape index (κ2) is 5.96. The molecule has 0 aromatic heterocycles. The fourth-order valence-electron chi connectivity index (χ4n) is 1.98. The number of hydrogen-bond donors (Lipinski definition) is 3. The first-order valence-corrected chi connectivity index (χ1v) is 7.05. The number of carbonyl (C=O) groups excluding carboxylic acids is 1. The van der Waals surface area contributed by atoms with Crippen LogP contribution in [0.3, 0.4) is 0 Å². The number of amides is 1. The number of halogens is 1. The number of rotatable bonds is 4. The van der Waals surface area contributed by atoms with Crippen LogP contribution in [0, 0.1) is 0 Å². The second-order valence-corrected chi connectivity index (χ2v) is 5.36. The normalized spacial score (nSPS) is 10.3. The molecule has 5 heteroatoms. The molecular formula is C15H16BrN3O. The van der Waals surface area contributed by atoms with E-state index in [1.54, 1.807) is 12.1 Å². The summed E-state index contributed by atoms with van der Waals surface area (Å²) in [5, 5.41) is 3.29. The number of nitrogens with two attached hydrogens (primary N) is 2. The van der Waals surface area contributed by atoms with Gasteiger partial charge in [-0.05, 0) is 48.4 Å². The van der Waals surface area contributed by atoms with Crippen molar-refractivity contribution in [3.05, 3.63) is 52.0 Å². The zero-order valence-electron chi connectivity index (χ0n) is 11.1. The Morgan fingerprint density at radius 1 is 1.25 bits per heavy atom. The molecular weight excluding hydrogens is 318 g/mol. The predicted molar refractivity (Wildman–Crippen MR) is 86.2 cm³/mol. The first kappa shape index (κ1) is 14.4. The average Bonchev–Trinajstić information content (AvgIpc) is 2.42. The summed E-state index contributed by atoms with van der Waals surface area (Å²) in [5.41, 5.74) is 14.7. The molecule has 0 bridgehead atoms. The van der Waals surface area contributed by atoms with E-state index in [4.69, 9.17) is 11.5 Å². The Labute approximate surface area is 126 Å². The van der Waals surface area contributed by atoms with Crippen LogP contribution in [0.2, 0.25) is 0 Å². The smallest absolute Gasteiger partial charge is 0.250 e. The third-order valence-corrected chi connectivity index (χ3v) is 3.54. The largest absolute Gasteiger partial charge is 0.398 e. The summed E-state index contributed by atoms with van der Waals surface area (Å²) < 4.78 is 1.04. The number of aryl methyl sites for hydroxylation is 1. The van der Waals surface area contributed by atoms with E-state index in [1.165, 1.54) is 5.56 Å². The van der Waals surface area contributed by atoms with Gasteiger partial charge < -0.3 is 16.8 Å². The summed E-state index contributed by atoms with van der Waals surface area (Å²) in [5.74, 6) is -0.530. The van der Waals surface area contributed by atoms with Crippen LogP contribution in [-0.2, 0) is 6.42 Å².